The van der Waals surface area contributed by atoms with Crippen molar-refractivity contribution in [3.05, 3.63) is 60.2 Å². The molecule has 1 N–H and O–H groups in total. The first-order chi connectivity index (χ1) is 9.52. The highest BCUT2D eigenvalue weighted by molar-refractivity contribution is 7.20. The van der Waals surface area contributed by atoms with E-state index < -0.39 is 0 Å². The molecule has 20 heavy (non-hydrogen) atoms. The topological polar surface area (TPSA) is 55.2 Å². The molecule has 1 aromatic carbocycles. The molecule has 1 atom stereocenters. The van der Waals surface area contributed by atoms with Gasteiger partial charge in [0.15, 0.2) is 0 Å². The average Bonchev–Trinajstić information content (AvgIpc) is 2.75. The molecule has 0 fully saturated rings. The summed E-state index contributed by atoms with van der Waals surface area (Å²) in [6, 6.07) is 8.38. The van der Waals surface area contributed by atoms with Crippen LogP contribution in [0.25, 0.3) is 0 Å². The summed E-state index contributed by atoms with van der Waals surface area (Å²) in [6.45, 7) is 0. The first kappa shape index (κ1) is 15.3. The van der Waals surface area contributed by atoms with E-state index in [9.17, 15) is 10.1 Å². The third-order valence-electron chi connectivity index (χ3n) is 3.02. The van der Waals surface area contributed by atoms with Gasteiger partial charge < -0.3 is 5.32 Å². The Kier molecular flexibility index (Phi) is 4.99. The summed E-state index contributed by atoms with van der Waals surface area (Å²) < 4.78 is 1.21. The Balaban J connectivity index is 2.32. The third-order valence-corrected chi connectivity index (χ3v) is 4.54. The molecule has 0 aliphatic carbocycles. The molecule has 106 valence electrons. The number of thiophene rings is 1. The molecule has 0 aliphatic heterocycles. The lowest BCUT2D eigenvalue weighted by Crippen LogP contribution is -2.19. The molecule has 1 heterocycles. The predicted molar refractivity (Wildman–Crippen MR) is 82.9 cm³/mol. The Morgan fingerprint density at radius 2 is 2.10 bits per heavy atom. The highest BCUT2D eigenvalue weighted by atomic mass is 35.5. The maximum Gasteiger partial charge on any atom is 0.272 e. The summed E-state index contributed by atoms with van der Waals surface area (Å²) in [5.74, 6) is 0. The Morgan fingerprint density at radius 3 is 2.65 bits per heavy atom. The van der Waals surface area contributed by atoms with Gasteiger partial charge in [0.25, 0.3) is 5.69 Å². The van der Waals surface area contributed by atoms with Crippen molar-refractivity contribution < 1.29 is 4.92 Å². The van der Waals surface area contributed by atoms with Crippen molar-refractivity contribution in [1.29, 1.82) is 0 Å². The number of nitro benzene ring substituents is 1. The number of hydrogen-bond acceptors (Lipinski definition) is 4. The van der Waals surface area contributed by atoms with Gasteiger partial charge in [0.1, 0.15) is 0 Å². The van der Waals surface area contributed by atoms with Gasteiger partial charge in [0.05, 0.1) is 13.6 Å². The number of nitro groups is 1. The first-order valence-electron chi connectivity index (χ1n) is 5.87. The number of hydrogen-bond donors (Lipinski definition) is 1. The van der Waals surface area contributed by atoms with Crippen LogP contribution in [0.3, 0.4) is 0 Å². The second-order valence-electron chi connectivity index (χ2n) is 4.21. The van der Waals surface area contributed by atoms with Crippen LogP contribution in [0.4, 0.5) is 5.69 Å². The average molecular weight is 331 g/mol. The largest absolute Gasteiger partial charge is 0.313 e. The lowest BCUT2D eigenvalue weighted by molar-refractivity contribution is -0.385. The zero-order valence-electron chi connectivity index (χ0n) is 10.6. The molecule has 0 bridgehead atoms. The van der Waals surface area contributed by atoms with Crippen LogP contribution in [-0.2, 0) is 6.42 Å². The Labute approximate surface area is 130 Å². The van der Waals surface area contributed by atoms with Gasteiger partial charge in [-0.1, -0.05) is 41.4 Å². The molecule has 0 amide bonds. The van der Waals surface area contributed by atoms with Crippen LogP contribution >= 0.6 is 34.5 Å². The van der Waals surface area contributed by atoms with Gasteiger partial charge in [-0.15, -0.1) is 11.3 Å². The normalized spacial score (nSPS) is 12.3. The number of rotatable bonds is 5. The van der Waals surface area contributed by atoms with E-state index in [4.69, 9.17) is 23.2 Å². The minimum Gasteiger partial charge on any atom is -0.313 e. The van der Waals surface area contributed by atoms with Crippen LogP contribution in [-0.4, -0.2) is 12.0 Å². The van der Waals surface area contributed by atoms with E-state index in [0.29, 0.717) is 20.7 Å². The quantitative estimate of drug-likeness (QED) is 0.650. The van der Waals surface area contributed by atoms with E-state index in [1.807, 2.05) is 0 Å². The highest BCUT2D eigenvalue weighted by Crippen LogP contribution is 2.36. The van der Waals surface area contributed by atoms with E-state index >= 15 is 0 Å². The standard InChI is InChI=1S/C13H12Cl2N2O2S/c1-16-10(9-7-12(14)20-13(9)15)6-8-4-2-3-5-11(8)17(18)19/h2-5,7,10,16H,6H2,1H3. The third kappa shape index (κ3) is 3.30. The Bertz CT molecular complexity index is 631. The number of likely N-dealkylation sites (N-methyl/N-ethyl adjacent to an activating group) is 1. The monoisotopic (exact) mass is 330 g/mol. The molecule has 0 spiro atoms. The van der Waals surface area contributed by atoms with Crippen LogP contribution in [0, 0.1) is 10.1 Å². The van der Waals surface area contributed by atoms with Gasteiger partial charge in [0.2, 0.25) is 0 Å². The summed E-state index contributed by atoms with van der Waals surface area (Å²) in [4.78, 5) is 10.7. The van der Waals surface area contributed by atoms with Gasteiger partial charge in [0, 0.05) is 23.2 Å². The number of halogens is 2. The smallest absolute Gasteiger partial charge is 0.272 e. The highest BCUT2D eigenvalue weighted by Gasteiger charge is 2.21. The van der Waals surface area contributed by atoms with Crippen molar-refractivity contribution in [2.45, 2.75) is 12.5 Å². The molecule has 7 heteroatoms. The van der Waals surface area contributed by atoms with E-state index in [1.165, 1.54) is 17.4 Å². The Hall–Kier alpha value is -1.14. The summed E-state index contributed by atoms with van der Waals surface area (Å²) in [6.07, 6.45) is 0.473. The molecule has 0 radical (unpaired) electrons. The zero-order chi connectivity index (χ0) is 14.7. The van der Waals surface area contributed by atoms with Gasteiger partial charge in [-0.25, -0.2) is 0 Å². The van der Waals surface area contributed by atoms with Crippen molar-refractivity contribution >= 4 is 40.2 Å². The van der Waals surface area contributed by atoms with Crippen LogP contribution in [0.15, 0.2) is 30.3 Å². The van der Waals surface area contributed by atoms with E-state index in [2.05, 4.69) is 5.32 Å². The summed E-state index contributed by atoms with van der Waals surface area (Å²) in [5, 5.41) is 14.2. The predicted octanol–water partition coefficient (Wildman–Crippen LogP) is 4.47. The van der Waals surface area contributed by atoms with Crippen molar-refractivity contribution in [3.8, 4) is 0 Å². The van der Waals surface area contributed by atoms with Gasteiger partial charge in [-0.05, 0) is 19.5 Å². The lowest BCUT2D eigenvalue weighted by atomic mass is 10.00. The molecule has 0 aliphatic rings. The number of nitrogens with one attached hydrogen (secondary N) is 1. The van der Waals surface area contributed by atoms with Crippen LogP contribution in [0.1, 0.15) is 17.2 Å². The summed E-state index contributed by atoms with van der Waals surface area (Å²) in [7, 11) is 1.79. The zero-order valence-corrected chi connectivity index (χ0v) is 12.9. The van der Waals surface area contributed by atoms with Crippen molar-refractivity contribution in [3.63, 3.8) is 0 Å². The van der Waals surface area contributed by atoms with Crippen LogP contribution in [0.2, 0.25) is 8.67 Å². The van der Waals surface area contributed by atoms with E-state index in [0.717, 1.165) is 5.56 Å². The second kappa shape index (κ2) is 6.54. The van der Waals surface area contributed by atoms with Crippen molar-refractivity contribution in [1.82, 2.24) is 5.32 Å². The first-order valence-corrected chi connectivity index (χ1v) is 7.44. The molecule has 4 nitrogen and oxygen atoms in total. The van der Waals surface area contributed by atoms with Crippen LogP contribution < -0.4 is 5.32 Å². The maximum atomic E-state index is 11.0. The van der Waals surface area contributed by atoms with Gasteiger partial charge in [-0.2, -0.15) is 0 Å². The number of para-hydroxylation sites is 1. The molecule has 0 saturated carbocycles. The van der Waals surface area contributed by atoms with Crippen LogP contribution in [0.5, 0.6) is 0 Å². The minimum atomic E-state index is -0.371. The Morgan fingerprint density at radius 1 is 1.40 bits per heavy atom. The number of benzene rings is 1. The fourth-order valence-corrected chi connectivity index (χ4v) is 3.62. The van der Waals surface area contributed by atoms with E-state index in [1.54, 1.807) is 31.3 Å². The van der Waals surface area contributed by atoms with Crippen molar-refractivity contribution in [2.24, 2.45) is 0 Å². The summed E-state index contributed by atoms with van der Waals surface area (Å²) >= 11 is 13.4. The molecule has 2 aromatic rings. The lowest BCUT2D eigenvalue weighted by Gasteiger charge is -2.15. The second-order valence-corrected chi connectivity index (χ2v) is 6.50. The molecular formula is C13H12Cl2N2O2S. The van der Waals surface area contributed by atoms with Crippen molar-refractivity contribution in [2.75, 3.05) is 7.05 Å². The molecule has 2 rings (SSSR count). The molecule has 1 aromatic heterocycles. The number of nitrogens with zero attached hydrogens (tertiary/aromatic N) is 1. The SMILES string of the molecule is CNC(Cc1ccccc1[N+](=O)[O-])c1cc(Cl)sc1Cl. The molecular weight excluding hydrogens is 319 g/mol. The fraction of sp³-hybridized carbons (Fsp3) is 0.231. The summed E-state index contributed by atoms with van der Waals surface area (Å²) in [5.41, 5.74) is 1.64. The van der Waals surface area contributed by atoms with Gasteiger partial charge in [-0.3, -0.25) is 10.1 Å². The maximum absolute atomic E-state index is 11.0. The minimum absolute atomic E-state index is 0.116. The molecule has 1 unspecified atom stereocenters. The van der Waals surface area contributed by atoms with E-state index in [-0.39, 0.29) is 16.7 Å². The molecule has 0 saturated heterocycles. The fourth-order valence-electron chi connectivity index (χ4n) is 2.04. The van der Waals surface area contributed by atoms with Gasteiger partial charge >= 0.3 is 0 Å².